The summed E-state index contributed by atoms with van der Waals surface area (Å²) in [4.78, 5) is 5.50. The van der Waals surface area contributed by atoms with Gasteiger partial charge in [-0.1, -0.05) is 17.7 Å². The fourth-order valence-corrected chi connectivity index (χ4v) is 3.27. The van der Waals surface area contributed by atoms with Gasteiger partial charge in [-0.05, 0) is 30.7 Å². The number of aryl methyl sites for hydroxylation is 2. The summed E-state index contributed by atoms with van der Waals surface area (Å²) in [5.41, 5.74) is 8.07. The molecule has 0 amide bonds. The first-order chi connectivity index (χ1) is 9.69. The third kappa shape index (κ3) is 2.24. The number of hydrogen-bond acceptors (Lipinski definition) is 4. The number of thiophene rings is 1. The van der Waals surface area contributed by atoms with Crippen LogP contribution in [0.25, 0.3) is 11.0 Å². The summed E-state index contributed by atoms with van der Waals surface area (Å²) < 4.78 is 2.72. The van der Waals surface area contributed by atoms with Gasteiger partial charge in [0.1, 0.15) is 11.6 Å². The smallest absolute Gasteiger partial charge is 0.201 e. The van der Waals surface area contributed by atoms with Crippen LogP contribution in [-0.4, -0.2) is 9.55 Å². The van der Waals surface area contributed by atoms with Gasteiger partial charge < -0.3 is 10.3 Å². The van der Waals surface area contributed by atoms with Gasteiger partial charge in [0.15, 0.2) is 0 Å². The van der Waals surface area contributed by atoms with Gasteiger partial charge >= 0.3 is 0 Å². The van der Waals surface area contributed by atoms with Crippen LogP contribution in [0, 0.1) is 11.3 Å². The number of fused-ring (bicyclic) bond motifs is 1. The van der Waals surface area contributed by atoms with Crippen LogP contribution in [0.1, 0.15) is 10.4 Å². The predicted molar refractivity (Wildman–Crippen MR) is 81.9 cm³/mol. The molecule has 0 aliphatic carbocycles. The molecule has 0 spiro atoms. The molecule has 100 valence electrons. The molecule has 1 aromatic carbocycles. The summed E-state index contributed by atoms with van der Waals surface area (Å²) in [6, 6.07) is 11.6. The number of para-hydroxylation sites is 1. The van der Waals surface area contributed by atoms with E-state index in [1.807, 2.05) is 28.8 Å². The minimum atomic E-state index is 0.436. The Labute approximate surface area is 125 Å². The normalized spacial score (nSPS) is 10.8. The number of nitrogens with zero attached hydrogens (tertiary/aromatic N) is 3. The van der Waals surface area contributed by atoms with Gasteiger partial charge in [-0.25, -0.2) is 4.98 Å². The van der Waals surface area contributed by atoms with Crippen molar-refractivity contribution in [3.8, 4) is 6.07 Å². The van der Waals surface area contributed by atoms with Gasteiger partial charge in [0, 0.05) is 11.4 Å². The van der Waals surface area contributed by atoms with E-state index in [0.717, 1.165) is 16.3 Å². The Morgan fingerprint density at radius 1 is 1.35 bits per heavy atom. The van der Waals surface area contributed by atoms with Crippen LogP contribution in [0.2, 0.25) is 4.34 Å². The van der Waals surface area contributed by atoms with Crippen molar-refractivity contribution in [1.29, 1.82) is 5.26 Å². The molecule has 0 aliphatic heterocycles. The van der Waals surface area contributed by atoms with Crippen molar-refractivity contribution in [1.82, 2.24) is 9.55 Å². The summed E-state index contributed by atoms with van der Waals surface area (Å²) in [7, 11) is 0. The SMILES string of the molecule is N#Cc1cccc2c1nc(N)n2CCc1ccc(Cl)s1. The van der Waals surface area contributed by atoms with Crippen molar-refractivity contribution < 1.29 is 0 Å². The van der Waals surface area contributed by atoms with Crippen molar-refractivity contribution in [3.63, 3.8) is 0 Å². The van der Waals surface area contributed by atoms with Crippen molar-refractivity contribution in [3.05, 3.63) is 45.1 Å². The van der Waals surface area contributed by atoms with Crippen LogP contribution in [0.15, 0.2) is 30.3 Å². The zero-order chi connectivity index (χ0) is 14.1. The third-order valence-corrected chi connectivity index (χ3v) is 4.43. The largest absolute Gasteiger partial charge is 0.369 e. The van der Waals surface area contributed by atoms with Crippen LogP contribution in [0.5, 0.6) is 0 Å². The van der Waals surface area contributed by atoms with Gasteiger partial charge in [0.2, 0.25) is 5.95 Å². The van der Waals surface area contributed by atoms with Crippen molar-refractivity contribution in [2.45, 2.75) is 13.0 Å². The molecule has 0 aliphatic rings. The Morgan fingerprint density at radius 3 is 2.90 bits per heavy atom. The number of anilines is 1. The zero-order valence-corrected chi connectivity index (χ0v) is 12.1. The molecule has 0 radical (unpaired) electrons. The molecule has 4 nitrogen and oxygen atoms in total. The summed E-state index contributed by atoms with van der Waals surface area (Å²) in [5.74, 6) is 0.436. The van der Waals surface area contributed by atoms with Crippen LogP contribution in [0.4, 0.5) is 5.95 Å². The van der Waals surface area contributed by atoms with E-state index in [9.17, 15) is 0 Å². The summed E-state index contributed by atoms with van der Waals surface area (Å²) >= 11 is 7.49. The van der Waals surface area contributed by atoms with Gasteiger partial charge in [-0.3, -0.25) is 0 Å². The topological polar surface area (TPSA) is 67.6 Å². The van der Waals surface area contributed by atoms with Crippen molar-refractivity contribution in [2.75, 3.05) is 5.73 Å². The lowest BCUT2D eigenvalue weighted by atomic mass is 10.2. The number of halogens is 1. The molecule has 2 heterocycles. The maximum atomic E-state index is 9.09. The highest BCUT2D eigenvalue weighted by atomic mass is 35.5. The van der Waals surface area contributed by atoms with Crippen LogP contribution < -0.4 is 5.73 Å². The first-order valence-electron chi connectivity index (χ1n) is 6.08. The van der Waals surface area contributed by atoms with E-state index in [-0.39, 0.29) is 0 Å². The number of hydrogen-bond donors (Lipinski definition) is 1. The van der Waals surface area contributed by atoms with E-state index in [1.165, 1.54) is 4.88 Å². The predicted octanol–water partition coefficient (Wildman–Crippen LogP) is 3.45. The number of imidazole rings is 1. The highest BCUT2D eigenvalue weighted by Gasteiger charge is 2.11. The van der Waals surface area contributed by atoms with Gasteiger partial charge in [0.05, 0.1) is 15.4 Å². The molecule has 0 saturated carbocycles. The Balaban J connectivity index is 1.95. The zero-order valence-electron chi connectivity index (χ0n) is 10.5. The maximum Gasteiger partial charge on any atom is 0.201 e. The molecule has 6 heteroatoms. The standard InChI is InChI=1S/C14H11ClN4S/c15-12-5-4-10(20-12)6-7-19-11-3-1-2-9(8-16)13(11)18-14(19)17/h1-5H,6-7H2,(H2,17,18). The lowest BCUT2D eigenvalue weighted by Crippen LogP contribution is -2.05. The van der Waals surface area contributed by atoms with Gasteiger partial charge in [0.25, 0.3) is 0 Å². The average molecular weight is 303 g/mol. The second kappa shape index (κ2) is 5.16. The summed E-state index contributed by atoms with van der Waals surface area (Å²) in [5, 5.41) is 9.09. The van der Waals surface area contributed by atoms with E-state index in [1.54, 1.807) is 17.4 Å². The maximum absolute atomic E-state index is 9.09. The second-order valence-corrected chi connectivity index (χ2v) is 6.16. The fraction of sp³-hybridized carbons (Fsp3) is 0.143. The molecular weight excluding hydrogens is 292 g/mol. The average Bonchev–Trinajstić information content (AvgIpc) is 2.99. The molecular formula is C14H11ClN4S. The second-order valence-electron chi connectivity index (χ2n) is 4.36. The van der Waals surface area contributed by atoms with E-state index >= 15 is 0 Å². The van der Waals surface area contributed by atoms with Crippen molar-refractivity contribution in [2.24, 2.45) is 0 Å². The molecule has 2 aromatic heterocycles. The Hall–Kier alpha value is -2.03. The van der Waals surface area contributed by atoms with Gasteiger partial charge in [-0.2, -0.15) is 5.26 Å². The lowest BCUT2D eigenvalue weighted by Gasteiger charge is -2.05. The number of benzene rings is 1. The molecule has 0 bridgehead atoms. The number of nitrogen functional groups attached to an aromatic ring is 1. The number of nitriles is 1. The Bertz CT molecular complexity index is 812. The summed E-state index contributed by atoms with van der Waals surface area (Å²) in [6.45, 7) is 0.716. The molecule has 3 rings (SSSR count). The first-order valence-corrected chi connectivity index (χ1v) is 7.27. The van der Waals surface area contributed by atoms with E-state index in [0.29, 0.717) is 23.6 Å². The van der Waals surface area contributed by atoms with Crippen LogP contribution in [0.3, 0.4) is 0 Å². The van der Waals surface area contributed by atoms with Crippen LogP contribution >= 0.6 is 22.9 Å². The molecule has 2 N–H and O–H groups in total. The first kappa shape index (κ1) is 13.0. The monoisotopic (exact) mass is 302 g/mol. The number of nitrogens with two attached hydrogens (primary N) is 1. The number of rotatable bonds is 3. The third-order valence-electron chi connectivity index (χ3n) is 3.14. The molecule has 0 fully saturated rings. The van der Waals surface area contributed by atoms with Crippen LogP contribution in [-0.2, 0) is 13.0 Å². The minimum absolute atomic E-state index is 0.436. The quantitative estimate of drug-likeness (QED) is 0.805. The molecule has 0 atom stereocenters. The molecule has 3 aromatic rings. The molecule has 0 saturated heterocycles. The van der Waals surface area contributed by atoms with Gasteiger partial charge in [-0.15, -0.1) is 11.3 Å². The highest BCUT2D eigenvalue weighted by molar-refractivity contribution is 7.16. The Kier molecular flexibility index (Phi) is 3.35. The van der Waals surface area contributed by atoms with E-state index in [4.69, 9.17) is 22.6 Å². The highest BCUT2D eigenvalue weighted by Crippen LogP contribution is 2.24. The molecule has 0 unspecified atom stereocenters. The lowest BCUT2D eigenvalue weighted by molar-refractivity contribution is 0.733. The van der Waals surface area contributed by atoms with E-state index in [2.05, 4.69) is 11.1 Å². The Morgan fingerprint density at radius 2 is 2.20 bits per heavy atom. The number of aromatic nitrogens is 2. The molecule has 20 heavy (non-hydrogen) atoms. The fourth-order valence-electron chi connectivity index (χ4n) is 2.20. The van der Waals surface area contributed by atoms with E-state index < -0.39 is 0 Å². The summed E-state index contributed by atoms with van der Waals surface area (Å²) in [6.07, 6.45) is 0.837. The minimum Gasteiger partial charge on any atom is -0.369 e. The van der Waals surface area contributed by atoms with Crippen molar-refractivity contribution >= 4 is 39.9 Å².